The first-order valence-electron chi connectivity index (χ1n) is 1.99. The number of hydrogen-bond acceptors (Lipinski definition) is 2. The summed E-state index contributed by atoms with van der Waals surface area (Å²) in [6.07, 6.45) is 0. The average Bonchev–Trinajstić information content (AvgIpc) is 1.70. The number of carbonyl (C=O) groups is 2. The van der Waals surface area contributed by atoms with E-state index in [1.165, 1.54) is 0 Å². The van der Waals surface area contributed by atoms with Crippen molar-refractivity contribution in [1.29, 1.82) is 0 Å². The van der Waals surface area contributed by atoms with Gasteiger partial charge in [-0.05, 0) is 0 Å². The fourth-order valence-corrected chi connectivity index (χ4v) is 0. The van der Waals surface area contributed by atoms with Crippen LogP contribution in [0.15, 0.2) is 0 Å². The van der Waals surface area contributed by atoms with E-state index in [1.807, 2.05) is 0 Å². The van der Waals surface area contributed by atoms with E-state index in [2.05, 4.69) is 9.88 Å². The molecular formula is C4H10O4Sn. The second kappa shape index (κ2) is 46.9. The van der Waals surface area contributed by atoms with E-state index in [-0.39, 0.29) is 34.1 Å². The molecule has 2 N–H and O–H groups in total. The van der Waals surface area contributed by atoms with Crippen molar-refractivity contribution < 1.29 is 19.8 Å². The van der Waals surface area contributed by atoms with Gasteiger partial charge in [-0.2, -0.15) is 0 Å². The average molecular weight is 241 g/mol. The molecular weight excluding hydrogens is 231 g/mol. The molecule has 0 fully saturated rings. The van der Waals surface area contributed by atoms with Crippen LogP contribution in [-0.2, 0) is 9.59 Å². The third-order valence-electron chi connectivity index (χ3n) is 0. The molecule has 0 amide bonds. The van der Waals surface area contributed by atoms with Gasteiger partial charge in [0, 0.05) is 0 Å². The van der Waals surface area contributed by atoms with Gasteiger partial charge in [0.2, 0.25) is 0 Å². The van der Waals surface area contributed by atoms with Crippen LogP contribution in [0.4, 0.5) is 0 Å². The molecule has 9 heavy (non-hydrogen) atoms. The third-order valence-corrected chi connectivity index (χ3v) is 0. The Kier molecular flexibility index (Phi) is 82.7. The Labute approximate surface area is 64.1 Å². The van der Waals surface area contributed by atoms with Gasteiger partial charge < -0.3 is 10.2 Å². The van der Waals surface area contributed by atoms with Gasteiger partial charge in [0.25, 0.3) is 12.9 Å². The molecule has 2 radical (unpaired) electrons. The molecule has 0 saturated heterocycles. The van der Waals surface area contributed by atoms with Crippen molar-refractivity contribution in [3.05, 3.63) is 0 Å². The normalized spacial score (nSPS) is 4.67. The Hall–Kier alpha value is -0.261. The number of carboxylic acid groups (broad SMARTS) is 2. The van der Waals surface area contributed by atoms with Gasteiger partial charge in [-0.3, -0.25) is 9.59 Å². The molecule has 0 saturated carbocycles. The second-order valence-corrected chi connectivity index (χ2v) is 3.56. The molecule has 54 valence electrons. The van der Waals surface area contributed by atoms with Gasteiger partial charge in [0.15, 0.2) is 0 Å². The van der Waals surface area contributed by atoms with E-state index < -0.39 is 0 Å². The summed E-state index contributed by atoms with van der Waals surface area (Å²) in [6, 6.07) is 0. The summed E-state index contributed by atoms with van der Waals surface area (Å²) in [5, 5.41) is 13.8. The number of rotatable bonds is 0. The molecule has 0 aliphatic rings. The quantitative estimate of drug-likeness (QED) is 0.468. The third kappa shape index (κ3) is 3730. The number of hydrogen-bond donors (Lipinski definition) is 2. The van der Waals surface area contributed by atoms with Crippen LogP contribution in [0.1, 0.15) is 0 Å². The van der Waals surface area contributed by atoms with E-state index in [4.69, 9.17) is 19.8 Å². The minimum absolute atomic E-state index is 0.230. The molecule has 0 aliphatic carbocycles. The molecule has 0 aromatic rings. The molecule has 0 rings (SSSR count). The summed E-state index contributed by atoms with van der Waals surface area (Å²) in [5.74, 6) is 0. The zero-order chi connectivity index (χ0) is 8.12. The van der Waals surface area contributed by atoms with Crippen molar-refractivity contribution in [2.75, 3.05) is 0 Å². The Morgan fingerprint density at radius 1 is 1.11 bits per heavy atom. The molecule has 0 heterocycles. The van der Waals surface area contributed by atoms with Crippen LogP contribution < -0.4 is 0 Å². The zero-order valence-electron chi connectivity index (χ0n) is 5.37. The molecule has 0 aromatic carbocycles. The Morgan fingerprint density at radius 2 is 1.11 bits per heavy atom. The minimum atomic E-state index is -0.250. The van der Waals surface area contributed by atoms with Crippen LogP contribution in [0.2, 0.25) is 9.88 Å². The summed E-state index contributed by atoms with van der Waals surface area (Å²) < 4.78 is 0. The maximum atomic E-state index is 8.36. The predicted octanol–water partition coefficient (Wildman–Crippen LogP) is 0.188. The van der Waals surface area contributed by atoms with Crippen LogP contribution in [0, 0.1) is 0 Å². The molecule has 0 aromatic heterocycles. The fraction of sp³-hybridized carbons (Fsp3) is 0.500. The molecule has 0 bridgehead atoms. The Morgan fingerprint density at radius 3 is 1.11 bits per heavy atom. The molecule has 4 nitrogen and oxygen atoms in total. The van der Waals surface area contributed by atoms with Crippen LogP contribution in [-0.4, -0.2) is 44.3 Å². The van der Waals surface area contributed by atoms with Crippen molar-refractivity contribution in [3.8, 4) is 0 Å². The van der Waals surface area contributed by atoms with E-state index in [0.29, 0.717) is 0 Å². The van der Waals surface area contributed by atoms with E-state index in [9.17, 15) is 0 Å². The monoisotopic (exact) mass is 242 g/mol. The van der Waals surface area contributed by atoms with Crippen LogP contribution in [0.25, 0.3) is 0 Å². The van der Waals surface area contributed by atoms with Crippen LogP contribution in [0.3, 0.4) is 0 Å². The summed E-state index contributed by atoms with van der Waals surface area (Å²) in [6.45, 7) is -0.500. The summed E-state index contributed by atoms with van der Waals surface area (Å²) in [7, 11) is 0. The van der Waals surface area contributed by atoms with Gasteiger partial charge in [0.05, 0.1) is 0 Å². The topological polar surface area (TPSA) is 74.6 Å². The first-order valence-corrected chi connectivity index (χ1v) is 7.70. The van der Waals surface area contributed by atoms with Crippen molar-refractivity contribution >= 4 is 34.1 Å². The summed E-state index contributed by atoms with van der Waals surface area (Å²) in [4.78, 5) is 21.3. The van der Waals surface area contributed by atoms with E-state index in [1.54, 1.807) is 0 Å². The standard InChI is InChI=1S/2CH2O2.2CH3.Sn/c2*2-1-3;;;/h2*1H,(H,2,3);2*1H3;. The second-order valence-electron chi connectivity index (χ2n) is 0.711. The SMILES string of the molecule is O=CO.O=CO.[CH3][Sn][CH3]. The van der Waals surface area contributed by atoms with Gasteiger partial charge in [-0.1, -0.05) is 0 Å². The van der Waals surface area contributed by atoms with Gasteiger partial charge in [-0.15, -0.1) is 0 Å². The predicted molar refractivity (Wildman–Crippen MR) is 34.9 cm³/mol. The molecule has 0 unspecified atom stereocenters. The zero-order valence-corrected chi connectivity index (χ0v) is 8.22. The Bertz CT molecular complexity index is 41.8. The fourth-order valence-electron chi connectivity index (χ4n) is 0. The molecule has 5 heteroatoms. The molecule has 0 atom stereocenters. The van der Waals surface area contributed by atoms with Crippen molar-refractivity contribution in [1.82, 2.24) is 0 Å². The van der Waals surface area contributed by atoms with Gasteiger partial charge in [0.1, 0.15) is 0 Å². The summed E-state index contributed by atoms with van der Waals surface area (Å²) in [5.41, 5.74) is 0. The van der Waals surface area contributed by atoms with E-state index in [0.717, 1.165) is 0 Å². The van der Waals surface area contributed by atoms with Crippen molar-refractivity contribution in [2.24, 2.45) is 0 Å². The summed E-state index contributed by atoms with van der Waals surface area (Å²) >= 11 is 0.230. The van der Waals surface area contributed by atoms with Gasteiger partial charge in [-0.25, -0.2) is 0 Å². The van der Waals surface area contributed by atoms with Crippen LogP contribution >= 0.6 is 0 Å². The maximum absolute atomic E-state index is 8.36. The Balaban J connectivity index is -0.0000000600. The van der Waals surface area contributed by atoms with E-state index >= 15 is 0 Å². The van der Waals surface area contributed by atoms with Gasteiger partial charge >= 0.3 is 31.0 Å². The van der Waals surface area contributed by atoms with Crippen molar-refractivity contribution in [2.45, 2.75) is 9.88 Å². The molecule has 0 aliphatic heterocycles. The van der Waals surface area contributed by atoms with Crippen molar-refractivity contribution in [3.63, 3.8) is 0 Å². The first-order chi connectivity index (χ1) is 4.24. The first kappa shape index (κ1) is 15.9. The molecule has 0 spiro atoms. The van der Waals surface area contributed by atoms with Crippen LogP contribution in [0.5, 0.6) is 0 Å².